The molecule has 31 heavy (non-hydrogen) atoms. The number of imide groups is 1. The van der Waals surface area contributed by atoms with E-state index in [2.05, 4.69) is 0 Å². The number of para-hydroxylation sites is 1. The van der Waals surface area contributed by atoms with Gasteiger partial charge in [0.25, 0.3) is 5.91 Å². The molecule has 0 aliphatic carbocycles. The first kappa shape index (κ1) is 19.3. The van der Waals surface area contributed by atoms with Gasteiger partial charge in [0.05, 0.1) is 17.4 Å². The molecule has 2 fully saturated rings. The molecule has 5 rings (SSSR count). The van der Waals surface area contributed by atoms with Gasteiger partial charge in [-0.3, -0.25) is 14.4 Å². The van der Waals surface area contributed by atoms with Crippen molar-refractivity contribution in [3.63, 3.8) is 0 Å². The highest BCUT2D eigenvalue weighted by atomic mass is 19.2. The number of carbonyl (C=O) groups excluding carboxylic acids is 2. The summed E-state index contributed by atoms with van der Waals surface area (Å²) in [6.07, 6.45) is -1.16. The first-order chi connectivity index (χ1) is 15.0. The van der Waals surface area contributed by atoms with E-state index in [1.165, 1.54) is 23.3 Å². The van der Waals surface area contributed by atoms with Gasteiger partial charge in [0, 0.05) is 0 Å². The molecule has 3 aromatic rings. The Kier molecular flexibility index (Phi) is 4.51. The smallest absolute Gasteiger partial charge is 0.266 e. The van der Waals surface area contributed by atoms with Crippen LogP contribution in [-0.4, -0.2) is 17.9 Å². The average molecular weight is 424 g/mol. The molecule has 8 heteroatoms. The summed E-state index contributed by atoms with van der Waals surface area (Å²) in [4.78, 5) is 33.3. The zero-order valence-corrected chi connectivity index (χ0v) is 15.9. The van der Waals surface area contributed by atoms with Crippen LogP contribution in [0.1, 0.15) is 11.6 Å². The van der Waals surface area contributed by atoms with Gasteiger partial charge in [-0.25, -0.2) is 23.1 Å². The van der Waals surface area contributed by atoms with Crippen LogP contribution in [0.4, 0.5) is 24.5 Å². The maximum atomic E-state index is 14.0. The van der Waals surface area contributed by atoms with E-state index >= 15 is 0 Å². The molecule has 2 aliphatic rings. The van der Waals surface area contributed by atoms with E-state index < -0.39 is 47.3 Å². The predicted octanol–water partition coefficient (Wildman–Crippen LogP) is 4.16. The largest absolute Gasteiger partial charge is 0.273 e. The minimum atomic E-state index is -1.16. The molecule has 2 saturated heterocycles. The van der Waals surface area contributed by atoms with Crippen molar-refractivity contribution in [2.75, 3.05) is 9.96 Å². The Morgan fingerprint density at radius 2 is 1.45 bits per heavy atom. The van der Waals surface area contributed by atoms with E-state index in [-0.39, 0.29) is 11.3 Å². The van der Waals surface area contributed by atoms with Crippen molar-refractivity contribution in [1.29, 1.82) is 0 Å². The number of hydrogen-bond donors (Lipinski definition) is 0. The first-order valence-corrected chi connectivity index (χ1v) is 9.55. The Morgan fingerprint density at radius 3 is 2.13 bits per heavy atom. The maximum absolute atomic E-state index is 14.0. The molecule has 3 aromatic carbocycles. The van der Waals surface area contributed by atoms with Gasteiger partial charge in [-0.1, -0.05) is 24.3 Å². The highest BCUT2D eigenvalue weighted by Crippen LogP contribution is 2.47. The molecule has 2 amide bonds. The molecule has 0 bridgehead atoms. The molecule has 0 saturated carbocycles. The number of benzene rings is 3. The van der Waals surface area contributed by atoms with Gasteiger partial charge >= 0.3 is 0 Å². The fraction of sp³-hybridized carbons (Fsp3) is 0.130. The molecule has 2 aliphatic heterocycles. The minimum Gasteiger partial charge on any atom is -0.273 e. The summed E-state index contributed by atoms with van der Waals surface area (Å²) in [6.45, 7) is 0. The topological polar surface area (TPSA) is 49.9 Å². The Balaban J connectivity index is 1.60. The molecular weight excluding hydrogens is 409 g/mol. The van der Waals surface area contributed by atoms with Crippen molar-refractivity contribution in [3.8, 4) is 0 Å². The van der Waals surface area contributed by atoms with Crippen LogP contribution >= 0.6 is 0 Å². The van der Waals surface area contributed by atoms with Crippen LogP contribution in [0, 0.1) is 23.4 Å². The second-order valence-electron chi connectivity index (χ2n) is 7.32. The van der Waals surface area contributed by atoms with Crippen LogP contribution < -0.4 is 9.96 Å². The van der Waals surface area contributed by atoms with Gasteiger partial charge in [0.2, 0.25) is 5.91 Å². The third-order valence-corrected chi connectivity index (χ3v) is 5.50. The van der Waals surface area contributed by atoms with Crippen molar-refractivity contribution >= 4 is 23.2 Å². The number of nitrogens with zero attached hydrogens (tertiary/aromatic N) is 2. The SMILES string of the molecule is O=C1[C@@H]2[C@@H](ON(c3ccccc3)[C@H]2c2ccc(F)c(F)c2)C(=O)N1c1ccc(F)cc1. The zero-order chi connectivity index (χ0) is 21.7. The third-order valence-electron chi connectivity index (χ3n) is 5.50. The summed E-state index contributed by atoms with van der Waals surface area (Å²) in [5, 5.41) is 1.39. The van der Waals surface area contributed by atoms with Crippen LogP contribution in [0.25, 0.3) is 0 Å². The minimum absolute atomic E-state index is 0.213. The molecule has 0 radical (unpaired) electrons. The molecule has 0 aromatic heterocycles. The molecule has 5 nitrogen and oxygen atoms in total. The van der Waals surface area contributed by atoms with Gasteiger partial charge in [-0.05, 0) is 54.1 Å². The first-order valence-electron chi connectivity index (χ1n) is 9.55. The number of hydrogen-bond acceptors (Lipinski definition) is 4. The fourth-order valence-corrected chi connectivity index (χ4v) is 4.09. The zero-order valence-electron chi connectivity index (χ0n) is 15.9. The second-order valence-corrected chi connectivity index (χ2v) is 7.32. The van der Waals surface area contributed by atoms with Gasteiger partial charge in [0.15, 0.2) is 17.7 Å². The monoisotopic (exact) mass is 424 g/mol. The Morgan fingerprint density at radius 1 is 0.742 bits per heavy atom. The number of rotatable bonds is 3. The lowest BCUT2D eigenvalue weighted by atomic mass is 9.90. The number of hydroxylamine groups is 1. The van der Waals surface area contributed by atoms with Gasteiger partial charge in [0.1, 0.15) is 11.7 Å². The lowest BCUT2D eigenvalue weighted by Crippen LogP contribution is -2.37. The summed E-state index contributed by atoms with van der Waals surface area (Å²) < 4.78 is 40.9. The second kappa shape index (κ2) is 7.24. The maximum Gasteiger partial charge on any atom is 0.266 e. The van der Waals surface area contributed by atoms with Crippen LogP contribution in [0.15, 0.2) is 72.8 Å². The summed E-state index contributed by atoms with van der Waals surface area (Å²) >= 11 is 0. The summed E-state index contributed by atoms with van der Waals surface area (Å²) in [6, 6.07) is 16.2. The molecular formula is C23H15F3N2O3. The van der Waals surface area contributed by atoms with E-state index in [4.69, 9.17) is 4.84 Å². The lowest BCUT2D eigenvalue weighted by molar-refractivity contribution is -0.126. The van der Waals surface area contributed by atoms with Crippen molar-refractivity contribution in [2.45, 2.75) is 12.1 Å². The highest BCUT2D eigenvalue weighted by Gasteiger charge is 2.60. The van der Waals surface area contributed by atoms with Crippen LogP contribution in [0.5, 0.6) is 0 Å². The van der Waals surface area contributed by atoms with Crippen molar-refractivity contribution in [2.24, 2.45) is 5.92 Å². The molecule has 3 atom stereocenters. The number of halogens is 3. The van der Waals surface area contributed by atoms with E-state index in [1.54, 1.807) is 30.3 Å². The number of amides is 2. The molecule has 2 heterocycles. The fourth-order valence-electron chi connectivity index (χ4n) is 4.09. The molecule has 0 unspecified atom stereocenters. The highest BCUT2D eigenvalue weighted by molar-refractivity contribution is 6.23. The molecule has 0 spiro atoms. The van der Waals surface area contributed by atoms with E-state index in [1.807, 2.05) is 0 Å². The summed E-state index contributed by atoms with van der Waals surface area (Å²) in [7, 11) is 0. The van der Waals surface area contributed by atoms with Crippen LogP contribution in [-0.2, 0) is 14.4 Å². The molecule has 0 N–H and O–H groups in total. The predicted molar refractivity (Wildman–Crippen MR) is 105 cm³/mol. The van der Waals surface area contributed by atoms with Gasteiger partial charge < -0.3 is 0 Å². The number of fused-ring (bicyclic) bond motifs is 1. The van der Waals surface area contributed by atoms with Crippen molar-refractivity contribution in [3.05, 3.63) is 95.8 Å². The van der Waals surface area contributed by atoms with E-state index in [0.717, 1.165) is 29.2 Å². The van der Waals surface area contributed by atoms with E-state index in [9.17, 15) is 22.8 Å². The number of anilines is 2. The van der Waals surface area contributed by atoms with Crippen molar-refractivity contribution in [1.82, 2.24) is 0 Å². The summed E-state index contributed by atoms with van der Waals surface area (Å²) in [5.41, 5.74) is 1.06. The van der Waals surface area contributed by atoms with Gasteiger partial charge in [-0.2, -0.15) is 0 Å². The Labute approximate surface area is 175 Å². The quantitative estimate of drug-likeness (QED) is 0.593. The third kappa shape index (κ3) is 3.07. The molecule has 156 valence electrons. The Bertz CT molecular complexity index is 1170. The number of carbonyl (C=O) groups is 2. The summed E-state index contributed by atoms with van der Waals surface area (Å²) in [5.74, 6) is -4.76. The Hall–Kier alpha value is -3.65. The van der Waals surface area contributed by atoms with Crippen LogP contribution in [0.3, 0.4) is 0 Å². The van der Waals surface area contributed by atoms with Crippen molar-refractivity contribution < 1.29 is 27.6 Å². The van der Waals surface area contributed by atoms with E-state index in [0.29, 0.717) is 5.69 Å². The van der Waals surface area contributed by atoms with Crippen LogP contribution in [0.2, 0.25) is 0 Å². The average Bonchev–Trinajstić information content (AvgIpc) is 3.28. The lowest BCUT2D eigenvalue weighted by Gasteiger charge is -2.28. The normalized spacial score (nSPS) is 22.9. The van der Waals surface area contributed by atoms with Gasteiger partial charge in [-0.15, -0.1) is 0 Å². The standard InChI is InChI=1S/C23H15F3N2O3/c24-14-7-9-15(10-8-14)27-22(29)19-20(13-6-11-17(25)18(26)12-13)28(31-21(19)23(27)30)16-4-2-1-3-5-16/h1-12,19-21H/t19-,20-,21+/m0/s1.